The van der Waals surface area contributed by atoms with Gasteiger partial charge in [0.15, 0.2) is 0 Å². The third-order valence-corrected chi connectivity index (χ3v) is 4.31. The average Bonchev–Trinajstić information content (AvgIpc) is 2.28. The van der Waals surface area contributed by atoms with Crippen molar-refractivity contribution in [1.29, 1.82) is 0 Å². The second-order valence-electron chi connectivity index (χ2n) is 6.89. The first kappa shape index (κ1) is 16.9. The maximum Gasteiger partial charge on any atom is 0.0899 e. The molecule has 0 amide bonds. The van der Waals surface area contributed by atoms with Crippen molar-refractivity contribution >= 4 is 0 Å². The lowest BCUT2D eigenvalue weighted by Crippen LogP contribution is -2.47. The van der Waals surface area contributed by atoms with Gasteiger partial charge in [0.2, 0.25) is 0 Å². The number of hydrogen-bond donors (Lipinski definition) is 2. The Morgan fingerprint density at radius 2 is 2.16 bits per heavy atom. The summed E-state index contributed by atoms with van der Waals surface area (Å²) in [4.78, 5) is 2.24. The molecule has 3 unspecified atom stereocenters. The summed E-state index contributed by atoms with van der Waals surface area (Å²) in [6.45, 7) is 6.87. The Kier molecular flexibility index (Phi) is 6.74. The van der Waals surface area contributed by atoms with Gasteiger partial charge >= 0.3 is 0 Å². The Bertz CT molecular complexity index is 259. The molecule has 1 saturated carbocycles. The van der Waals surface area contributed by atoms with Crippen LogP contribution in [0.4, 0.5) is 0 Å². The van der Waals surface area contributed by atoms with E-state index in [1.54, 1.807) is 7.11 Å². The molecule has 1 aliphatic rings. The van der Waals surface area contributed by atoms with Crippen molar-refractivity contribution in [3.05, 3.63) is 0 Å². The molecule has 4 nitrogen and oxygen atoms in total. The molecule has 0 aromatic heterocycles. The predicted molar refractivity (Wildman–Crippen MR) is 79.3 cm³/mol. The summed E-state index contributed by atoms with van der Waals surface area (Å²) in [5, 5.41) is 13.3. The van der Waals surface area contributed by atoms with Crippen LogP contribution in [-0.2, 0) is 4.74 Å². The van der Waals surface area contributed by atoms with Crippen LogP contribution in [0.5, 0.6) is 0 Å². The number of nitrogens with one attached hydrogen (secondary N) is 1. The molecule has 114 valence electrons. The Labute approximate surface area is 118 Å². The predicted octanol–water partition coefficient (Wildman–Crippen LogP) is 1.34. The minimum Gasteiger partial charge on any atom is -0.389 e. The van der Waals surface area contributed by atoms with Gasteiger partial charge in [-0.25, -0.2) is 0 Å². The molecule has 1 fully saturated rings. The van der Waals surface area contributed by atoms with Crippen molar-refractivity contribution in [3.8, 4) is 0 Å². The molecule has 0 saturated heterocycles. The Balaban J connectivity index is 2.47. The van der Waals surface area contributed by atoms with E-state index in [1.165, 1.54) is 19.3 Å². The van der Waals surface area contributed by atoms with E-state index in [0.717, 1.165) is 6.54 Å². The summed E-state index contributed by atoms with van der Waals surface area (Å²) >= 11 is 0. The molecular formula is C15H32N2O2. The molecule has 1 aliphatic carbocycles. The Morgan fingerprint density at radius 1 is 1.47 bits per heavy atom. The summed E-state index contributed by atoms with van der Waals surface area (Å²) < 4.78 is 4.98. The van der Waals surface area contributed by atoms with Gasteiger partial charge < -0.3 is 20.1 Å². The van der Waals surface area contributed by atoms with E-state index in [1.807, 2.05) is 0 Å². The Morgan fingerprint density at radius 3 is 2.74 bits per heavy atom. The van der Waals surface area contributed by atoms with E-state index in [4.69, 9.17) is 4.74 Å². The van der Waals surface area contributed by atoms with E-state index in [0.29, 0.717) is 30.5 Å². The van der Waals surface area contributed by atoms with Crippen LogP contribution < -0.4 is 5.32 Å². The molecule has 3 atom stereocenters. The van der Waals surface area contributed by atoms with Crippen LogP contribution in [0.2, 0.25) is 0 Å². The van der Waals surface area contributed by atoms with E-state index in [9.17, 15) is 5.11 Å². The molecule has 0 aromatic carbocycles. The maximum atomic E-state index is 9.79. The fourth-order valence-electron chi connectivity index (χ4n) is 3.39. The maximum absolute atomic E-state index is 9.79. The number of likely N-dealkylation sites (N-methyl/N-ethyl adjacent to an activating group) is 1. The zero-order valence-corrected chi connectivity index (χ0v) is 13.3. The fraction of sp³-hybridized carbons (Fsp3) is 1.00. The number of hydrogen-bond acceptors (Lipinski definition) is 4. The highest BCUT2D eigenvalue weighted by molar-refractivity contribution is 4.89. The molecule has 0 bridgehead atoms. The number of ether oxygens (including phenoxy) is 1. The molecule has 2 N–H and O–H groups in total. The normalized spacial score (nSPS) is 28.6. The molecule has 0 radical (unpaired) electrons. The average molecular weight is 272 g/mol. The zero-order chi connectivity index (χ0) is 14.5. The smallest absolute Gasteiger partial charge is 0.0899 e. The van der Waals surface area contributed by atoms with Gasteiger partial charge in [-0.15, -0.1) is 0 Å². The molecule has 1 rings (SSSR count). The van der Waals surface area contributed by atoms with Gasteiger partial charge in [-0.05, 0) is 44.7 Å². The van der Waals surface area contributed by atoms with Gasteiger partial charge in [0.25, 0.3) is 0 Å². The van der Waals surface area contributed by atoms with Crippen LogP contribution in [0.3, 0.4) is 0 Å². The zero-order valence-electron chi connectivity index (χ0n) is 13.3. The largest absolute Gasteiger partial charge is 0.389 e. The van der Waals surface area contributed by atoms with Crippen LogP contribution in [0.1, 0.15) is 33.1 Å². The summed E-state index contributed by atoms with van der Waals surface area (Å²) in [5.74, 6) is 0.661. The standard InChI is InChI=1S/C15H32N2O2/c1-15(2)7-6-14(16-3)12(8-15)9-17(4)10-13(18)11-19-5/h12-14,16,18H,6-11H2,1-5H3. The van der Waals surface area contributed by atoms with E-state index >= 15 is 0 Å². The fourth-order valence-corrected chi connectivity index (χ4v) is 3.39. The summed E-state index contributed by atoms with van der Waals surface area (Å²) in [5.41, 5.74) is 0.448. The number of aliphatic hydroxyl groups excluding tert-OH is 1. The topological polar surface area (TPSA) is 44.7 Å². The number of aliphatic hydroxyl groups is 1. The lowest BCUT2D eigenvalue weighted by Gasteiger charge is -2.42. The summed E-state index contributed by atoms with van der Waals surface area (Å²) in [7, 11) is 5.78. The van der Waals surface area contributed by atoms with Crippen LogP contribution in [0, 0.1) is 11.3 Å². The van der Waals surface area contributed by atoms with Crippen molar-refractivity contribution in [2.75, 3.05) is 40.9 Å². The first-order valence-electron chi connectivity index (χ1n) is 7.41. The van der Waals surface area contributed by atoms with Crippen LogP contribution in [0.15, 0.2) is 0 Å². The van der Waals surface area contributed by atoms with Crippen LogP contribution in [-0.4, -0.2) is 63.1 Å². The van der Waals surface area contributed by atoms with Gasteiger partial charge in [-0.1, -0.05) is 13.8 Å². The minimum atomic E-state index is -0.389. The van der Waals surface area contributed by atoms with E-state index in [-0.39, 0.29) is 6.10 Å². The lowest BCUT2D eigenvalue weighted by molar-refractivity contribution is 0.0328. The molecular weight excluding hydrogens is 240 g/mol. The van der Waals surface area contributed by atoms with Gasteiger partial charge in [0.1, 0.15) is 0 Å². The van der Waals surface area contributed by atoms with Crippen molar-refractivity contribution < 1.29 is 9.84 Å². The van der Waals surface area contributed by atoms with Crippen LogP contribution in [0.25, 0.3) is 0 Å². The van der Waals surface area contributed by atoms with Crippen molar-refractivity contribution in [1.82, 2.24) is 10.2 Å². The van der Waals surface area contributed by atoms with Crippen LogP contribution >= 0.6 is 0 Å². The van der Waals surface area contributed by atoms with Gasteiger partial charge in [0.05, 0.1) is 12.7 Å². The second kappa shape index (κ2) is 7.58. The van der Waals surface area contributed by atoms with Gasteiger partial charge in [-0.3, -0.25) is 0 Å². The third kappa shape index (κ3) is 5.78. The highest BCUT2D eigenvalue weighted by atomic mass is 16.5. The van der Waals surface area contributed by atoms with E-state index in [2.05, 4.69) is 38.2 Å². The number of rotatable bonds is 7. The third-order valence-electron chi connectivity index (χ3n) is 4.31. The molecule has 0 heterocycles. The second-order valence-corrected chi connectivity index (χ2v) is 6.89. The first-order chi connectivity index (χ1) is 8.88. The number of methoxy groups -OCH3 is 1. The van der Waals surface area contributed by atoms with E-state index < -0.39 is 0 Å². The highest BCUT2D eigenvalue weighted by Gasteiger charge is 2.34. The lowest BCUT2D eigenvalue weighted by atomic mass is 9.69. The molecule has 4 heteroatoms. The van der Waals surface area contributed by atoms with Gasteiger partial charge in [0, 0.05) is 26.2 Å². The molecule has 0 aromatic rings. The Hall–Kier alpha value is -0.160. The van der Waals surface area contributed by atoms with Gasteiger partial charge in [-0.2, -0.15) is 0 Å². The quantitative estimate of drug-likeness (QED) is 0.734. The number of nitrogens with zero attached hydrogens (tertiary/aromatic N) is 1. The molecule has 0 aliphatic heterocycles. The minimum absolute atomic E-state index is 0.389. The van der Waals surface area contributed by atoms with Crippen molar-refractivity contribution in [3.63, 3.8) is 0 Å². The van der Waals surface area contributed by atoms with Crippen molar-refractivity contribution in [2.45, 2.75) is 45.3 Å². The SMILES string of the molecule is CNC1CCC(C)(C)CC1CN(C)CC(O)COC. The monoisotopic (exact) mass is 272 g/mol. The summed E-state index contributed by atoms with van der Waals surface area (Å²) in [6, 6.07) is 0.607. The first-order valence-corrected chi connectivity index (χ1v) is 7.41. The summed E-state index contributed by atoms with van der Waals surface area (Å²) in [6.07, 6.45) is 3.41. The highest BCUT2D eigenvalue weighted by Crippen LogP contribution is 2.38. The molecule has 19 heavy (non-hydrogen) atoms. The molecule has 0 spiro atoms. The van der Waals surface area contributed by atoms with Crippen molar-refractivity contribution in [2.24, 2.45) is 11.3 Å².